The van der Waals surface area contributed by atoms with Crippen molar-refractivity contribution < 1.29 is 4.74 Å². The highest BCUT2D eigenvalue weighted by atomic mass is 16.5. The average molecular weight is 640 g/mol. The largest absolute Gasteiger partial charge is 0.457 e. The third-order valence-electron chi connectivity index (χ3n) is 10.1. The van der Waals surface area contributed by atoms with Crippen LogP contribution in [0, 0.1) is 0 Å². The van der Waals surface area contributed by atoms with E-state index in [0.717, 1.165) is 61.8 Å². The van der Waals surface area contributed by atoms with Crippen molar-refractivity contribution in [3.63, 3.8) is 0 Å². The van der Waals surface area contributed by atoms with Crippen LogP contribution in [0.2, 0.25) is 0 Å². The quantitative estimate of drug-likeness (QED) is 0.192. The summed E-state index contributed by atoms with van der Waals surface area (Å²) in [5.41, 5.74) is 13.6. The van der Waals surface area contributed by atoms with Gasteiger partial charge < -0.3 is 4.74 Å². The molecule has 0 amide bonds. The average Bonchev–Trinajstić information content (AvgIpc) is 3.48. The first-order chi connectivity index (χ1) is 24.8. The number of hydrogen-bond donors (Lipinski definition) is 0. The van der Waals surface area contributed by atoms with Gasteiger partial charge in [-0.05, 0) is 75.8 Å². The van der Waals surface area contributed by atoms with Gasteiger partial charge in [0.1, 0.15) is 11.5 Å². The monoisotopic (exact) mass is 639 g/mol. The minimum Gasteiger partial charge on any atom is -0.457 e. The Bertz CT molecular complexity index is 2460. The minimum atomic E-state index is -0.618. The zero-order chi connectivity index (χ0) is 33.1. The van der Waals surface area contributed by atoms with Crippen LogP contribution in [0.15, 0.2) is 176 Å². The van der Waals surface area contributed by atoms with Gasteiger partial charge in [0.2, 0.25) is 0 Å². The van der Waals surface area contributed by atoms with Crippen molar-refractivity contribution in [3.05, 3.63) is 198 Å². The van der Waals surface area contributed by atoms with E-state index in [4.69, 9.17) is 14.7 Å². The molecule has 8 aromatic rings. The van der Waals surface area contributed by atoms with Crippen molar-refractivity contribution in [2.75, 3.05) is 0 Å². The van der Waals surface area contributed by atoms with Crippen LogP contribution in [-0.4, -0.2) is 15.0 Å². The number of pyridine rings is 1. The van der Waals surface area contributed by atoms with Crippen LogP contribution >= 0.6 is 0 Å². The number of benzene rings is 6. The van der Waals surface area contributed by atoms with E-state index in [1.165, 1.54) is 22.3 Å². The second kappa shape index (κ2) is 11.2. The number of nitrogens with zero attached hydrogens (tertiary/aromatic N) is 3. The summed E-state index contributed by atoms with van der Waals surface area (Å²) in [7, 11) is 0. The summed E-state index contributed by atoms with van der Waals surface area (Å²) in [6.45, 7) is 0. The van der Waals surface area contributed by atoms with E-state index in [-0.39, 0.29) is 0 Å². The Morgan fingerprint density at radius 1 is 0.380 bits per heavy atom. The van der Waals surface area contributed by atoms with E-state index in [2.05, 4.69) is 145 Å². The van der Waals surface area contributed by atoms with Gasteiger partial charge in [0.25, 0.3) is 0 Å². The molecule has 234 valence electrons. The molecule has 4 nitrogen and oxygen atoms in total. The van der Waals surface area contributed by atoms with Gasteiger partial charge in [-0.3, -0.25) is 4.98 Å². The fourth-order valence-electron chi connectivity index (χ4n) is 7.85. The van der Waals surface area contributed by atoms with Gasteiger partial charge in [0, 0.05) is 40.2 Å². The van der Waals surface area contributed by atoms with Crippen molar-refractivity contribution >= 4 is 0 Å². The van der Waals surface area contributed by atoms with Gasteiger partial charge in [0.05, 0.1) is 16.8 Å². The lowest BCUT2D eigenvalue weighted by molar-refractivity contribution is 0.436. The van der Waals surface area contributed by atoms with E-state index in [1.807, 2.05) is 36.7 Å². The van der Waals surface area contributed by atoms with E-state index in [9.17, 15) is 0 Å². The molecule has 0 saturated carbocycles. The summed E-state index contributed by atoms with van der Waals surface area (Å²) in [5.74, 6) is 2.43. The lowest BCUT2D eigenvalue weighted by Crippen LogP contribution is -2.32. The topological polar surface area (TPSA) is 47.9 Å². The van der Waals surface area contributed by atoms with Gasteiger partial charge in [-0.2, -0.15) is 0 Å². The molecule has 50 heavy (non-hydrogen) atoms. The maximum absolute atomic E-state index is 6.62. The van der Waals surface area contributed by atoms with Crippen molar-refractivity contribution in [2.24, 2.45) is 0 Å². The Balaban J connectivity index is 1.26. The normalized spacial score (nSPS) is 13.1. The Kier molecular flexibility index (Phi) is 6.36. The summed E-state index contributed by atoms with van der Waals surface area (Å²) < 4.78 is 6.62. The fourth-order valence-corrected chi connectivity index (χ4v) is 7.85. The molecule has 4 heteroatoms. The van der Waals surface area contributed by atoms with Crippen LogP contribution in [0.5, 0.6) is 11.5 Å². The molecule has 2 aromatic heterocycles. The molecule has 0 fully saturated rings. The minimum absolute atomic E-state index is 0.618. The third-order valence-corrected chi connectivity index (χ3v) is 10.1. The van der Waals surface area contributed by atoms with E-state index in [0.29, 0.717) is 5.82 Å². The van der Waals surface area contributed by atoms with Crippen molar-refractivity contribution in [2.45, 2.75) is 5.41 Å². The molecule has 0 atom stereocenters. The summed E-state index contributed by atoms with van der Waals surface area (Å²) >= 11 is 0. The smallest absolute Gasteiger partial charge is 0.160 e. The first-order valence-corrected chi connectivity index (χ1v) is 16.8. The first kappa shape index (κ1) is 28.4. The molecular weight excluding hydrogens is 611 g/mol. The molecule has 0 unspecified atom stereocenters. The molecule has 6 aromatic carbocycles. The zero-order valence-electron chi connectivity index (χ0n) is 27.0. The van der Waals surface area contributed by atoms with Gasteiger partial charge >= 0.3 is 0 Å². The number of para-hydroxylation sites is 2. The van der Waals surface area contributed by atoms with Crippen molar-refractivity contribution in [1.82, 2.24) is 15.0 Å². The lowest BCUT2D eigenvalue weighted by Gasteiger charge is -2.39. The molecule has 1 aliphatic heterocycles. The lowest BCUT2D eigenvalue weighted by atomic mass is 9.65. The predicted molar refractivity (Wildman–Crippen MR) is 199 cm³/mol. The summed E-state index contributed by atoms with van der Waals surface area (Å²) in [6.07, 6.45) is 3.71. The molecule has 0 N–H and O–H groups in total. The molecule has 2 aliphatic rings. The Morgan fingerprint density at radius 3 is 1.54 bits per heavy atom. The highest BCUT2D eigenvalue weighted by Gasteiger charge is 2.51. The van der Waals surface area contributed by atoms with E-state index < -0.39 is 5.41 Å². The van der Waals surface area contributed by atoms with Crippen LogP contribution in [0.3, 0.4) is 0 Å². The van der Waals surface area contributed by atoms with Gasteiger partial charge in [-0.25, -0.2) is 9.97 Å². The van der Waals surface area contributed by atoms with Crippen molar-refractivity contribution in [3.8, 4) is 67.7 Å². The second-order valence-corrected chi connectivity index (χ2v) is 12.8. The molecular formula is C46H29N3O. The van der Waals surface area contributed by atoms with Crippen LogP contribution in [-0.2, 0) is 5.41 Å². The molecule has 3 heterocycles. The van der Waals surface area contributed by atoms with E-state index >= 15 is 0 Å². The van der Waals surface area contributed by atoms with Crippen LogP contribution < -0.4 is 4.74 Å². The molecule has 0 bridgehead atoms. The van der Waals surface area contributed by atoms with Gasteiger partial charge in [0.15, 0.2) is 5.82 Å². The zero-order valence-corrected chi connectivity index (χ0v) is 27.0. The Morgan fingerprint density at radius 2 is 0.900 bits per heavy atom. The number of ether oxygens (including phenoxy) is 1. The first-order valence-electron chi connectivity index (χ1n) is 16.8. The van der Waals surface area contributed by atoms with Gasteiger partial charge in [-0.1, -0.05) is 121 Å². The number of aromatic nitrogens is 3. The molecule has 0 radical (unpaired) electrons. The second-order valence-electron chi connectivity index (χ2n) is 12.8. The molecule has 0 saturated heterocycles. The summed E-state index contributed by atoms with van der Waals surface area (Å²) in [4.78, 5) is 14.5. The van der Waals surface area contributed by atoms with Gasteiger partial charge in [-0.15, -0.1) is 0 Å². The maximum atomic E-state index is 6.62. The maximum Gasteiger partial charge on any atom is 0.160 e. The Hall–Kier alpha value is -6.65. The fraction of sp³-hybridized carbons (Fsp3) is 0.0217. The predicted octanol–water partition coefficient (Wildman–Crippen LogP) is 11.0. The van der Waals surface area contributed by atoms with Crippen LogP contribution in [0.25, 0.3) is 56.2 Å². The van der Waals surface area contributed by atoms with E-state index in [1.54, 1.807) is 0 Å². The SMILES string of the molecule is c1ccc(-c2cc(-c3ccc4c(c3)C3(c5ccccc5Oc5ccccc53)c3cc(-c5ccncc5)ccc3-4)nc(-c3ccccc3)n2)cc1. The summed E-state index contributed by atoms with van der Waals surface area (Å²) in [6, 6.07) is 57.5. The highest BCUT2D eigenvalue weighted by molar-refractivity contribution is 5.92. The number of fused-ring (bicyclic) bond motifs is 9. The van der Waals surface area contributed by atoms with Crippen LogP contribution in [0.4, 0.5) is 0 Å². The molecule has 1 spiro atoms. The molecule has 1 aliphatic carbocycles. The third kappa shape index (κ3) is 4.28. The number of hydrogen-bond acceptors (Lipinski definition) is 4. The number of rotatable bonds is 4. The molecule has 10 rings (SSSR count). The highest BCUT2D eigenvalue weighted by Crippen LogP contribution is 2.62. The van der Waals surface area contributed by atoms with Crippen molar-refractivity contribution in [1.29, 1.82) is 0 Å². The summed E-state index contributed by atoms with van der Waals surface area (Å²) in [5, 5.41) is 0. The Labute approximate surface area is 290 Å². The standard InChI is InChI=1S/C46H29N3O/c1-3-11-31(12-4-1)41-29-42(49-45(48-41)32-13-5-2-6-14-32)34-20-22-36-35-21-19-33(30-23-25-47-26-24-30)27-39(35)46(40(36)28-34)37-15-7-9-17-43(37)50-44-18-10-8-16-38(44)46/h1-29H. The van der Waals surface area contributed by atoms with Crippen LogP contribution in [0.1, 0.15) is 22.3 Å².